The van der Waals surface area contributed by atoms with Gasteiger partial charge >= 0.3 is 17.9 Å². The van der Waals surface area contributed by atoms with Gasteiger partial charge in [0.25, 0.3) is 0 Å². The van der Waals surface area contributed by atoms with Gasteiger partial charge in [-0.15, -0.1) is 0 Å². The van der Waals surface area contributed by atoms with Crippen LogP contribution < -0.4 is 9.30 Å². The summed E-state index contributed by atoms with van der Waals surface area (Å²) in [5.74, 6) is -1.02. The number of carboxylic acids is 3. The topological polar surface area (TPSA) is 151 Å². The summed E-state index contributed by atoms with van der Waals surface area (Å²) in [7, 11) is 5.52. The number of quaternary nitrogens is 1. The molecule has 40 heavy (non-hydrogen) atoms. The summed E-state index contributed by atoms with van der Waals surface area (Å²) in [4.78, 5) is 35.6. The predicted octanol–water partition coefficient (Wildman–Crippen LogP) is 4.23. The molecule has 0 fully saturated rings. The van der Waals surface area contributed by atoms with Crippen molar-refractivity contribution < 1.29 is 47.9 Å². The lowest BCUT2D eigenvalue weighted by atomic mass is 10.2. The Labute approximate surface area is 234 Å². The van der Waals surface area contributed by atoms with Gasteiger partial charge in [-0.05, 0) is 44.2 Å². The zero-order valence-corrected chi connectivity index (χ0v) is 23.5. The summed E-state index contributed by atoms with van der Waals surface area (Å²) in [5.41, 5.74) is 2.28. The van der Waals surface area contributed by atoms with Crippen molar-refractivity contribution in [2.24, 2.45) is 0 Å². The molecule has 0 aliphatic rings. The molecule has 11 heteroatoms. The number of benzene rings is 1. The Balaban J connectivity index is 0.000000611. The molecular weight excluding hydrogens is 518 g/mol. The molecule has 0 saturated heterocycles. The molecule has 2 aromatic heterocycles. The zero-order chi connectivity index (χ0) is 29.5. The van der Waals surface area contributed by atoms with Gasteiger partial charge in [-0.3, -0.25) is 9.59 Å². The normalized spacial score (nSPS) is 11.1. The highest BCUT2D eigenvalue weighted by Crippen LogP contribution is 2.26. The van der Waals surface area contributed by atoms with Gasteiger partial charge in [-0.1, -0.05) is 0 Å². The number of aryl methyl sites for hydroxylation is 1. The van der Waals surface area contributed by atoms with Gasteiger partial charge in [0.2, 0.25) is 5.89 Å². The Morgan fingerprint density at radius 2 is 1.48 bits per heavy atom. The first kappa shape index (κ1) is 32.2. The molecule has 0 amide bonds. The van der Waals surface area contributed by atoms with Gasteiger partial charge < -0.3 is 29.0 Å². The van der Waals surface area contributed by atoms with E-state index >= 15 is 0 Å². The van der Waals surface area contributed by atoms with Gasteiger partial charge in [-0.2, -0.15) is 0 Å². The molecule has 0 unspecified atom stereocenters. The third kappa shape index (κ3) is 13.2. The lowest BCUT2D eigenvalue weighted by Gasteiger charge is -2.20. The van der Waals surface area contributed by atoms with Gasteiger partial charge in [0.15, 0.2) is 24.5 Å². The molecule has 0 radical (unpaired) electrons. The second-order valence-corrected chi connectivity index (χ2v) is 10.6. The van der Waals surface area contributed by atoms with Crippen LogP contribution in [-0.4, -0.2) is 77.0 Å². The standard InChI is InChI=1S/C24H28N2O6.C5H11NO2/c27-22(28)7-3-1-5-13-26-14-11-18(12-15-26)24-25-20-10-9-19(17-21(20)32-24)31-16-6-2-4-8-23(29)30;1-6(2,3)4-5(7)8/h9-12,14-15,17H,1-8,13,16H2,(H-,27,28,29,30);4H2,1-3H3/p+2. The van der Waals surface area contributed by atoms with Crippen LogP contribution in [0.5, 0.6) is 5.75 Å². The van der Waals surface area contributed by atoms with Crippen molar-refractivity contribution >= 4 is 29.0 Å². The van der Waals surface area contributed by atoms with Gasteiger partial charge in [0.1, 0.15) is 17.8 Å². The van der Waals surface area contributed by atoms with Crippen LogP contribution in [0.1, 0.15) is 51.4 Å². The number of unbranched alkanes of at least 4 members (excludes halogenated alkanes) is 4. The van der Waals surface area contributed by atoms with Gasteiger partial charge in [0, 0.05) is 43.0 Å². The number of carbonyl (C=O) groups is 3. The van der Waals surface area contributed by atoms with Crippen molar-refractivity contribution in [3.63, 3.8) is 0 Å². The number of pyridine rings is 1. The number of oxazole rings is 1. The summed E-state index contributed by atoms with van der Waals surface area (Å²) in [6.07, 6.45) is 9.16. The number of hydrogen-bond acceptors (Lipinski definition) is 6. The Bertz CT molecular complexity index is 1230. The highest BCUT2D eigenvalue weighted by molar-refractivity contribution is 5.77. The largest absolute Gasteiger partial charge is 0.493 e. The lowest BCUT2D eigenvalue weighted by molar-refractivity contribution is -0.862. The van der Waals surface area contributed by atoms with E-state index in [1.807, 2.05) is 63.9 Å². The van der Waals surface area contributed by atoms with E-state index in [0.717, 1.165) is 43.3 Å². The van der Waals surface area contributed by atoms with E-state index in [2.05, 4.69) is 9.55 Å². The number of nitrogens with zero attached hydrogens (tertiary/aromatic N) is 3. The Kier molecular flexibility index (Phi) is 13.0. The van der Waals surface area contributed by atoms with Crippen LogP contribution in [0.4, 0.5) is 0 Å². The number of fused-ring (bicyclic) bond motifs is 1. The molecule has 0 aliphatic heterocycles. The van der Waals surface area contributed by atoms with Crippen LogP contribution in [0, 0.1) is 0 Å². The molecule has 0 spiro atoms. The highest BCUT2D eigenvalue weighted by atomic mass is 16.5. The SMILES string of the molecule is C[N+](C)(C)CC(=O)O.O=C(O)CCCCCOc1ccc2nc(-c3cc[n+](CCCCCC(=O)O)cc3)oc2c1. The third-order valence-corrected chi connectivity index (χ3v) is 5.72. The first-order valence-corrected chi connectivity index (χ1v) is 13.4. The smallest absolute Gasteiger partial charge is 0.359 e. The minimum atomic E-state index is -0.765. The van der Waals surface area contributed by atoms with Crippen LogP contribution in [-0.2, 0) is 20.9 Å². The molecule has 11 nitrogen and oxygen atoms in total. The summed E-state index contributed by atoms with van der Waals surface area (Å²) in [6, 6.07) is 9.45. The maximum atomic E-state index is 10.5. The van der Waals surface area contributed by atoms with Crippen molar-refractivity contribution in [2.75, 3.05) is 34.3 Å². The average Bonchev–Trinajstić information content (AvgIpc) is 3.28. The van der Waals surface area contributed by atoms with Crippen LogP contribution in [0.15, 0.2) is 47.1 Å². The van der Waals surface area contributed by atoms with E-state index in [0.29, 0.717) is 41.2 Å². The Hall–Kier alpha value is -3.99. The molecule has 3 N–H and O–H groups in total. The summed E-state index contributed by atoms with van der Waals surface area (Å²) in [5, 5.41) is 25.6. The molecule has 2 heterocycles. The average molecular weight is 560 g/mol. The first-order valence-electron chi connectivity index (χ1n) is 13.4. The second kappa shape index (κ2) is 16.2. The first-order chi connectivity index (χ1) is 18.9. The Morgan fingerprint density at radius 3 is 2.02 bits per heavy atom. The number of carboxylic acid groups (broad SMARTS) is 3. The van der Waals surface area contributed by atoms with Crippen molar-refractivity contribution in [2.45, 2.75) is 57.9 Å². The third-order valence-electron chi connectivity index (χ3n) is 5.72. The molecule has 0 saturated carbocycles. The van der Waals surface area contributed by atoms with Gasteiger partial charge in [0.05, 0.1) is 27.7 Å². The van der Waals surface area contributed by atoms with Crippen LogP contribution in [0.2, 0.25) is 0 Å². The van der Waals surface area contributed by atoms with Gasteiger partial charge in [-0.25, -0.2) is 14.3 Å². The fourth-order valence-electron chi connectivity index (χ4n) is 3.77. The van der Waals surface area contributed by atoms with E-state index in [1.165, 1.54) is 0 Å². The van der Waals surface area contributed by atoms with E-state index in [4.69, 9.17) is 24.5 Å². The monoisotopic (exact) mass is 559 g/mol. The summed E-state index contributed by atoms with van der Waals surface area (Å²) < 4.78 is 14.2. The van der Waals surface area contributed by atoms with Crippen molar-refractivity contribution in [1.82, 2.24) is 4.98 Å². The fourth-order valence-corrected chi connectivity index (χ4v) is 3.77. The van der Waals surface area contributed by atoms with Crippen LogP contribution in [0.3, 0.4) is 0 Å². The minimum Gasteiger partial charge on any atom is -0.493 e. The summed E-state index contributed by atoms with van der Waals surface area (Å²) in [6.45, 7) is 1.55. The maximum Gasteiger partial charge on any atom is 0.359 e. The molecule has 1 aromatic carbocycles. The second-order valence-electron chi connectivity index (χ2n) is 10.6. The maximum absolute atomic E-state index is 10.5. The molecule has 218 valence electrons. The summed E-state index contributed by atoms with van der Waals surface area (Å²) >= 11 is 0. The predicted molar refractivity (Wildman–Crippen MR) is 148 cm³/mol. The number of hydrogen-bond donors (Lipinski definition) is 3. The highest BCUT2D eigenvalue weighted by Gasteiger charge is 2.12. The van der Waals surface area contributed by atoms with E-state index in [-0.39, 0.29) is 19.4 Å². The molecular formula is C29H41N3O8+2. The van der Waals surface area contributed by atoms with E-state index in [9.17, 15) is 14.4 Å². The lowest BCUT2D eigenvalue weighted by Crippen LogP contribution is -2.39. The Morgan fingerprint density at radius 1 is 0.850 bits per heavy atom. The van der Waals surface area contributed by atoms with E-state index in [1.54, 1.807) is 0 Å². The quantitative estimate of drug-likeness (QED) is 0.133. The molecule has 3 aromatic rings. The number of ether oxygens (including phenoxy) is 1. The number of likely N-dealkylation sites (N-methyl/N-ethyl adjacent to an activating group) is 1. The van der Waals surface area contributed by atoms with Crippen molar-refractivity contribution in [3.05, 3.63) is 42.7 Å². The number of aromatic nitrogens is 2. The van der Waals surface area contributed by atoms with Crippen molar-refractivity contribution in [3.8, 4) is 17.2 Å². The van der Waals surface area contributed by atoms with Crippen molar-refractivity contribution in [1.29, 1.82) is 0 Å². The minimum absolute atomic E-state index is 0.181. The van der Waals surface area contributed by atoms with E-state index < -0.39 is 17.9 Å². The van der Waals surface area contributed by atoms with Crippen LogP contribution >= 0.6 is 0 Å². The molecule has 0 aliphatic carbocycles. The molecule has 0 bridgehead atoms. The molecule has 3 rings (SSSR count). The fraction of sp³-hybridized carbons (Fsp3) is 0.483. The molecule has 0 atom stereocenters. The van der Waals surface area contributed by atoms with Crippen LogP contribution in [0.25, 0.3) is 22.6 Å². The number of aliphatic carboxylic acids is 3. The number of rotatable bonds is 16. The zero-order valence-electron chi connectivity index (χ0n) is 23.5.